The Labute approximate surface area is 155 Å². The summed E-state index contributed by atoms with van der Waals surface area (Å²) in [7, 11) is 0. The number of allylic oxidation sites excluding steroid dienone is 2. The molecule has 2 atom stereocenters. The predicted molar refractivity (Wildman–Crippen MR) is 102 cm³/mol. The molecule has 2 aromatic rings. The van der Waals surface area contributed by atoms with Gasteiger partial charge in [0.2, 0.25) is 5.91 Å². The summed E-state index contributed by atoms with van der Waals surface area (Å²) in [5.74, 6) is 0.704. The van der Waals surface area contributed by atoms with Gasteiger partial charge in [-0.15, -0.1) is 0 Å². The fourth-order valence-electron chi connectivity index (χ4n) is 4.40. The Balaban J connectivity index is 1.46. The molecule has 2 fully saturated rings. The Bertz CT molecular complexity index is 1010. The third-order valence-corrected chi connectivity index (χ3v) is 6.89. The summed E-state index contributed by atoms with van der Waals surface area (Å²) in [4.78, 5) is 36.7. The van der Waals surface area contributed by atoms with E-state index < -0.39 is 0 Å². The van der Waals surface area contributed by atoms with Gasteiger partial charge in [0, 0.05) is 30.7 Å². The molecule has 1 heterocycles. The minimum atomic E-state index is -0.160. The molecule has 0 aliphatic heterocycles. The number of benzene rings is 1. The Morgan fingerprint density at radius 2 is 2.04 bits per heavy atom. The molecule has 6 heteroatoms. The van der Waals surface area contributed by atoms with Crippen LogP contribution in [0.5, 0.6) is 0 Å². The second-order valence-electron chi connectivity index (χ2n) is 7.86. The van der Waals surface area contributed by atoms with Gasteiger partial charge in [-0.05, 0) is 36.3 Å². The summed E-state index contributed by atoms with van der Waals surface area (Å²) >= 11 is 1.19. The second-order valence-corrected chi connectivity index (χ2v) is 8.85. The molecule has 136 valence electrons. The number of rotatable bonds is 4. The lowest BCUT2D eigenvalue weighted by Crippen LogP contribution is -2.26. The van der Waals surface area contributed by atoms with Crippen molar-refractivity contribution in [2.45, 2.75) is 40.2 Å². The van der Waals surface area contributed by atoms with E-state index in [-0.39, 0.29) is 34.3 Å². The van der Waals surface area contributed by atoms with E-state index in [0.29, 0.717) is 24.6 Å². The van der Waals surface area contributed by atoms with Crippen molar-refractivity contribution in [1.82, 2.24) is 9.88 Å². The van der Waals surface area contributed by atoms with Crippen LogP contribution >= 0.6 is 11.3 Å². The van der Waals surface area contributed by atoms with E-state index in [1.54, 1.807) is 4.57 Å². The van der Waals surface area contributed by atoms with Crippen LogP contribution in [0, 0.1) is 17.3 Å². The molecule has 2 aliphatic rings. The molecule has 0 unspecified atom stereocenters. The van der Waals surface area contributed by atoms with Crippen molar-refractivity contribution in [3.05, 3.63) is 45.2 Å². The van der Waals surface area contributed by atoms with E-state index in [1.165, 1.54) is 11.3 Å². The summed E-state index contributed by atoms with van der Waals surface area (Å²) in [5, 5.41) is 2.88. The quantitative estimate of drug-likeness (QED) is 0.841. The van der Waals surface area contributed by atoms with E-state index in [0.717, 1.165) is 15.8 Å². The highest BCUT2D eigenvalue weighted by Crippen LogP contribution is 2.68. The third-order valence-electron chi connectivity index (χ3n) is 5.93. The monoisotopic (exact) mass is 370 g/mol. The van der Waals surface area contributed by atoms with Crippen molar-refractivity contribution in [2.24, 2.45) is 17.3 Å². The first-order valence-corrected chi connectivity index (χ1v) is 9.74. The zero-order valence-corrected chi connectivity index (χ0v) is 16.0. The lowest BCUT2D eigenvalue weighted by molar-refractivity contribution is -0.120. The SMILES string of the molecule is CC(NC(=O)CCn1c(=O)sc2ccccc21)=C1C(=O)C[C@@H]2[C@H]1C2(C)C. The van der Waals surface area contributed by atoms with Gasteiger partial charge in [-0.2, -0.15) is 0 Å². The molecule has 1 amide bonds. The molecule has 0 radical (unpaired) electrons. The van der Waals surface area contributed by atoms with Crippen LogP contribution in [-0.4, -0.2) is 16.3 Å². The van der Waals surface area contributed by atoms with Crippen LogP contribution in [0.2, 0.25) is 0 Å². The number of carbonyl (C=O) groups excluding carboxylic acids is 2. The fourth-order valence-corrected chi connectivity index (χ4v) is 5.32. The standard InChI is InChI=1S/C20H22N2O3S/c1-11(17-14(23)10-12-18(17)20(12,2)3)21-16(24)8-9-22-13-6-4-5-7-15(13)26-19(22)25/h4-7,12,18H,8-10H2,1-3H3,(H,21,24)/t12-,18-/m1/s1. The van der Waals surface area contributed by atoms with Gasteiger partial charge in [0.05, 0.1) is 10.2 Å². The summed E-state index contributed by atoms with van der Waals surface area (Å²) in [6, 6.07) is 7.59. The number of nitrogens with zero attached hydrogens (tertiary/aromatic N) is 1. The Morgan fingerprint density at radius 1 is 1.31 bits per heavy atom. The Kier molecular flexibility index (Phi) is 3.91. The average molecular weight is 370 g/mol. The molecule has 2 aliphatic carbocycles. The Hall–Kier alpha value is -2.21. The minimum absolute atomic E-state index is 0.0531. The molecule has 0 bridgehead atoms. The average Bonchev–Trinajstić information content (AvgIpc) is 2.90. The summed E-state index contributed by atoms with van der Waals surface area (Å²) < 4.78 is 2.57. The van der Waals surface area contributed by atoms with E-state index >= 15 is 0 Å². The van der Waals surface area contributed by atoms with Crippen LogP contribution in [0.15, 0.2) is 40.3 Å². The Morgan fingerprint density at radius 3 is 2.77 bits per heavy atom. The first kappa shape index (κ1) is 17.2. The van der Waals surface area contributed by atoms with Gasteiger partial charge in [-0.1, -0.05) is 37.3 Å². The molecule has 0 saturated heterocycles. The van der Waals surface area contributed by atoms with E-state index in [2.05, 4.69) is 19.2 Å². The molecule has 5 nitrogen and oxygen atoms in total. The fraction of sp³-hybridized carbons (Fsp3) is 0.450. The molecule has 1 aromatic heterocycles. The number of hydrogen-bond acceptors (Lipinski definition) is 4. The highest BCUT2D eigenvalue weighted by Gasteiger charge is 2.65. The second kappa shape index (κ2) is 5.91. The molecule has 1 aromatic carbocycles. The molecular formula is C20H22N2O3S. The van der Waals surface area contributed by atoms with Gasteiger partial charge in [0.25, 0.3) is 0 Å². The molecule has 4 rings (SSSR count). The lowest BCUT2D eigenvalue weighted by Gasteiger charge is -2.14. The molecule has 0 spiro atoms. The summed E-state index contributed by atoms with van der Waals surface area (Å²) in [5.41, 5.74) is 2.50. The first-order valence-electron chi connectivity index (χ1n) is 8.93. The summed E-state index contributed by atoms with van der Waals surface area (Å²) in [6.45, 7) is 6.51. The van der Waals surface area contributed by atoms with Crippen LogP contribution in [0.1, 0.15) is 33.6 Å². The van der Waals surface area contributed by atoms with Crippen molar-refractivity contribution >= 4 is 33.2 Å². The summed E-state index contributed by atoms with van der Waals surface area (Å²) in [6.07, 6.45) is 0.799. The maximum absolute atomic E-state index is 12.4. The van der Waals surface area contributed by atoms with Gasteiger partial charge >= 0.3 is 4.87 Å². The number of ketones is 1. The van der Waals surface area contributed by atoms with E-state index in [1.807, 2.05) is 31.2 Å². The molecular weight excluding hydrogens is 348 g/mol. The van der Waals surface area contributed by atoms with Gasteiger partial charge in [0.1, 0.15) is 0 Å². The number of hydrogen-bond donors (Lipinski definition) is 1. The number of aromatic nitrogens is 1. The maximum atomic E-state index is 12.4. The maximum Gasteiger partial charge on any atom is 0.308 e. The van der Waals surface area contributed by atoms with Gasteiger partial charge in [0.15, 0.2) is 5.78 Å². The molecule has 1 N–H and O–H groups in total. The molecule has 2 saturated carbocycles. The molecule has 26 heavy (non-hydrogen) atoms. The van der Waals surface area contributed by atoms with Crippen LogP contribution in [0.4, 0.5) is 0 Å². The number of Topliss-reactive ketones (excluding diaryl/α,β-unsaturated/α-hetero) is 1. The van der Waals surface area contributed by atoms with Crippen molar-refractivity contribution in [1.29, 1.82) is 0 Å². The third kappa shape index (κ3) is 2.63. The predicted octanol–water partition coefficient (Wildman–Crippen LogP) is 3.09. The van der Waals surface area contributed by atoms with Crippen LogP contribution in [0.25, 0.3) is 10.2 Å². The minimum Gasteiger partial charge on any atom is -0.330 e. The van der Waals surface area contributed by atoms with Gasteiger partial charge in [-0.25, -0.2) is 0 Å². The number of aryl methyl sites for hydroxylation is 1. The van der Waals surface area contributed by atoms with Gasteiger partial charge in [-0.3, -0.25) is 19.0 Å². The first-order chi connectivity index (χ1) is 12.3. The number of carbonyl (C=O) groups is 2. The topological polar surface area (TPSA) is 68.2 Å². The highest BCUT2D eigenvalue weighted by molar-refractivity contribution is 7.16. The zero-order chi connectivity index (χ0) is 18.6. The van der Waals surface area contributed by atoms with Crippen molar-refractivity contribution in [3.8, 4) is 0 Å². The number of amides is 1. The van der Waals surface area contributed by atoms with E-state index in [4.69, 9.17) is 0 Å². The van der Waals surface area contributed by atoms with Crippen molar-refractivity contribution in [2.75, 3.05) is 0 Å². The number of fused-ring (bicyclic) bond motifs is 2. The number of thiazole rings is 1. The lowest BCUT2D eigenvalue weighted by atomic mass is 9.95. The van der Waals surface area contributed by atoms with Crippen LogP contribution < -0.4 is 10.2 Å². The smallest absolute Gasteiger partial charge is 0.308 e. The van der Waals surface area contributed by atoms with Crippen LogP contribution in [0.3, 0.4) is 0 Å². The normalized spacial score (nSPS) is 25.3. The zero-order valence-electron chi connectivity index (χ0n) is 15.2. The number of nitrogens with one attached hydrogen (secondary N) is 1. The van der Waals surface area contributed by atoms with Crippen molar-refractivity contribution in [3.63, 3.8) is 0 Å². The van der Waals surface area contributed by atoms with Gasteiger partial charge < -0.3 is 5.32 Å². The van der Waals surface area contributed by atoms with Crippen LogP contribution in [-0.2, 0) is 16.1 Å². The van der Waals surface area contributed by atoms with Crippen molar-refractivity contribution < 1.29 is 9.59 Å². The van der Waals surface area contributed by atoms with E-state index in [9.17, 15) is 14.4 Å². The number of para-hydroxylation sites is 1. The largest absolute Gasteiger partial charge is 0.330 e. The highest BCUT2D eigenvalue weighted by atomic mass is 32.1.